The molecule has 1 fully saturated rings. The van der Waals surface area contributed by atoms with Gasteiger partial charge in [0.1, 0.15) is 0 Å². The molecular formula is C22H33N3O3S. The third kappa shape index (κ3) is 5.68. The number of hydrogen-bond acceptors (Lipinski definition) is 5. The van der Waals surface area contributed by atoms with Gasteiger partial charge >= 0.3 is 0 Å². The van der Waals surface area contributed by atoms with Crippen LogP contribution in [0.25, 0.3) is 0 Å². The van der Waals surface area contributed by atoms with Crippen LogP contribution in [0.5, 0.6) is 0 Å². The molecule has 1 aliphatic heterocycles. The van der Waals surface area contributed by atoms with Crippen molar-refractivity contribution in [2.24, 2.45) is 5.92 Å². The van der Waals surface area contributed by atoms with E-state index in [0.717, 1.165) is 44.7 Å². The lowest BCUT2D eigenvalue weighted by atomic mass is 10.00. The fraction of sp³-hybridized carbons (Fsp3) is 0.591. The van der Waals surface area contributed by atoms with E-state index < -0.39 is 15.1 Å². The highest BCUT2D eigenvalue weighted by atomic mass is 32.2. The number of rotatable bonds is 9. The summed E-state index contributed by atoms with van der Waals surface area (Å²) in [6.45, 7) is 7.37. The molecule has 7 heteroatoms. The predicted octanol–water partition coefficient (Wildman–Crippen LogP) is 3.17. The van der Waals surface area contributed by atoms with E-state index in [4.69, 9.17) is 4.74 Å². The summed E-state index contributed by atoms with van der Waals surface area (Å²) < 4.78 is 33.1. The smallest absolute Gasteiger partial charge is 0.228 e. The number of benzene rings is 1. The lowest BCUT2D eigenvalue weighted by molar-refractivity contribution is 0.0547. The van der Waals surface area contributed by atoms with Crippen molar-refractivity contribution in [2.45, 2.75) is 56.6 Å². The predicted molar refractivity (Wildman–Crippen MR) is 115 cm³/mol. The van der Waals surface area contributed by atoms with E-state index in [9.17, 15) is 8.42 Å². The number of ether oxygens (including phenoxy) is 1. The second kappa shape index (κ2) is 9.87. The highest BCUT2D eigenvalue weighted by Crippen LogP contribution is 2.21. The summed E-state index contributed by atoms with van der Waals surface area (Å²) in [5.41, 5.74) is 2.14. The van der Waals surface area contributed by atoms with E-state index in [2.05, 4.69) is 29.1 Å². The van der Waals surface area contributed by atoms with Gasteiger partial charge < -0.3 is 14.2 Å². The number of aryl methyl sites for hydroxylation is 1. The van der Waals surface area contributed by atoms with Crippen molar-refractivity contribution in [3.8, 4) is 0 Å². The van der Waals surface area contributed by atoms with Gasteiger partial charge in [0.15, 0.2) is 0 Å². The summed E-state index contributed by atoms with van der Waals surface area (Å²) in [7, 11) is -1.34. The first-order chi connectivity index (χ1) is 13.9. The largest absolute Gasteiger partial charge is 0.381 e. The van der Waals surface area contributed by atoms with E-state index >= 15 is 0 Å². The van der Waals surface area contributed by atoms with Crippen LogP contribution in [0.2, 0.25) is 0 Å². The van der Waals surface area contributed by atoms with Crippen molar-refractivity contribution >= 4 is 9.84 Å². The van der Waals surface area contributed by atoms with Crippen molar-refractivity contribution in [3.05, 3.63) is 47.8 Å². The summed E-state index contributed by atoms with van der Waals surface area (Å²) in [5.74, 6) is 0.633. The summed E-state index contributed by atoms with van der Waals surface area (Å²) in [5, 5.41) is -0.300. The zero-order chi connectivity index (χ0) is 20.9. The molecule has 0 aliphatic carbocycles. The van der Waals surface area contributed by atoms with E-state index in [1.807, 2.05) is 22.8 Å². The summed E-state index contributed by atoms with van der Waals surface area (Å²) in [4.78, 5) is 6.63. The number of aromatic nitrogens is 2. The molecule has 2 aromatic rings. The number of imidazole rings is 1. The first kappa shape index (κ1) is 22.0. The Morgan fingerprint density at radius 3 is 2.55 bits per heavy atom. The topological polar surface area (TPSA) is 64.4 Å². The summed E-state index contributed by atoms with van der Waals surface area (Å²) >= 11 is 0. The molecule has 1 aromatic heterocycles. The minimum atomic E-state index is -3.44. The van der Waals surface area contributed by atoms with Gasteiger partial charge in [-0.2, -0.15) is 0 Å². The van der Waals surface area contributed by atoms with Crippen molar-refractivity contribution in [1.29, 1.82) is 0 Å². The quantitative estimate of drug-likeness (QED) is 0.625. The maximum atomic E-state index is 12.9. The third-order valence-electron chi connectivity index (χ3n) is 5.59. The zero-order valence-corrected chi connectivity index (χ0v) is 18.6. The average Bonchev–Trinajstić information content (AvgIpc) is 3.10. The third-order valence-corrected chi connectivity index (χ3v) is 7.66. The SMILES string of the molecule is CC(C)S(=O)(=O)c1ncc(CN(C)CC2CCOCC2)n1CCc1ccccc1. The summed E-state index contributed by atoms with van der Waals surface area (Å²) in [6.07, 6.45) is 4.68. The number of nitrogens with zero attached hydrogens (tertiary/aromatic N) is 3. The van der Waals surface area contributed by atoms with Crippen LogP contribution in [0.4, 0.5) is 0 Å². The highest BCUT2D eigenvalue weighted by molar-refractivity contribution is 7.91. The fourth-order valence-electron chi connectivity index (χ4n) is 3.79. The molecule has 1 aliphatic rings. The molecule has 0 unspecified atom stereocenters. The first-order valence-corrected chi connectivity index (χ1v) is 12.0. The van der Waals surface area contributed by atoms with Gasteiger partial charge in [-0.3, -0.25) is 0 Å². The molecule has 0 atom stereocenters. The van der Waals surface area contributed by atoms with Gasteiger partial charge in [0, 0.05) is 32.8 Å². The van der Waals surface area contributed by atoms with Crippen molar-refractivity contribution in [3.63, 3.8) is 0 Å². The van der Waals surface area contributed by atoms with E-state index in [-0.39, 0.29) is 5.16 Å². The standard InChI is InChI=1S/C22H33N3O3S/c1-18(2)29(26,27)22-23-15-21(17-24(3)16-20-10-13-28-14-11-20)25(22)12-9-19-7-5-4-6-8-19/h4-8,15,18,20H,9-14,16-17H2,1-3H3. The Kier molecular flexibility index (Phi) is 7.49. The van der Waals surface area contributed by atoms with Gasteiger partial charge in [-0.05, 0) is 51.6 Å². The van der Waals surface area contributed by atoms with Crippen LogP contribution < -0.4 is 0 Å². The number of hydrogen-bond donors (Lipinski definition) is 0. The Hall–Kier alpha value is -1.70. The van der Waals surface area contributed by atoms with Gasteiger partial charge in [0.2, 0.25) is 15.0 Å². The highest BCUT2D eigenvalue weighted by Gasteiger charge is 2.27. The maximum Gasteiger partial charge on any atom is 0.228 e. The normalized spacial score (nSPS) is 16.0. The number of sulfone groups is 1. The molecule has 0 radical (unpaired) electrons. The molecular weight excluding hydrogens is 386 g/mol. The van der Waals surface area contributed by atoms with Crippen LogP contribution in [-0.4, -0.2) is 54.9 Å². The van der Waals surface area contributed by atoms with Gasteiger partial charge in [-0.1, -0.05) is 30.3 Å². The summed E-state index contributed by atoms with van der Waals surface area (Å²) in [6, 6.07) is 10.2. The van der Waals surface area contributed by atoms with Gasteiger partial charge in [0.25, 0.3) is 0 Å². The molecule has 160 valence electrons. The van der Waals surface area contributed by atoms with E-state index in [1.165, 1.54) is 5.56 Å². The van der Waals surface area contributed by atoms with Gasteiger partial charge in [-0.15, -0.1) is 0 Å². The van der Waals surface area contributed by atoms with Crippen LogP contribution in [0.3, 0.4) is 0 Å². The first-order valence-electron chi connectivity index (χ1n) is 10.5. The van der Waals surface area contributed by atoms with Crippen LogP contribution in [0.1, 0.15) is 37.9 Å². The maximum absolute atomic E-state index is 12.9. The molecule has 0 amide bonds. The second-order valence-electron chi connectivity index (χ2n) is 8.27. The van der Waals surface area contributed by atoms with E-state index in [1.54, 1.807) is 20.0 Å². The molecule has 29 heavy (non-hydrogen) atoms. The van der Waals surface area contributed by atoms with Crippen LogP contribution in [0, 0.1) is 5.92 Å². The molecule has 1 saturated heterocycles. The van der Waals surface area contributed by atoms with Crippen molar-refractivity contribution in [1.82, 2.24) is 14.5 Å². The Balaban J connectivity index is 1.78. The molecule has 3 rings (SSSR count). The van der Waals surface area contributed by atoms with Crippen LogP contribution >= 0.6 is 0 Å². The van der Waals surface area contributed by atoms with Gasteiger partial charge in [0.05, 0.1) is 17.1 Å². The van der Waals surface area contributed by atoms with Gasteiger partial charge in [-0.25, -0.2) is 13.4 Å². The van der Waals surface area contributed by atoms with Crippen LogP contribution in [0.15, 0.2) is 41.7 Å². The minimum absolute atomic E-state index is 0.192. The monoisotopic (exact) mass is 419 g/mol. The van der Waals surface area contributed by atoms with E-state index in [0.29, 0.717) is 19.0 Å². The molecule has 1 aromatic carbocycles. The molecule has 2 heterocycles. The van der Waals surface area contributed by atoms with Crippen molar-refractivity contribution < 1.29 is 13.2 Å². The Morgan fingerprint density at radius 1 is 1.21 bits per heavy atom. The Bertz CT molecular complexity index is 872. The lowest BCUT2D eigenvalue weighted by Crippen LogP contribution is -2.30. The minimum Gasteiger partial charge on any atom is -0.381 e. The lowest BCUT2D eigenvalue weighted by Gasteiger charge is -2.27. The zero-order valence-electron chi connectivity index (χ0n) is 17.8. The molecule has 0 bridgehead atoms. The molecule has 6 nitrogen and oxygen atoms in total. The molecule has 0 spiro atoms. The Labute approximate surface area is 174 Å². The average molecular weight is 420 g/mol. The van der Waals surface area contributed by atoms with Crippen molar-refractivity contribution in [2.75, 3.05) is 26.8 Å². The van der Waals surface area contributed by atoms with Crippen LogP contribution in [-0.2, 0) is 34.1 Å². The Morgan fingerprint density at radius 2 is 1.90 bits per heavy atom. The molecule has 0 saturated carbocycles. The second-order valence-corrected chi connectivity index (χ2v) is 10.7. The molecule has 0 N–H and O–H groups in total. The fourth-order valence-corrected chi connectivity index (χ4v) is 4.93.